The standard InChI is InChI=1S/C16H19BrO2S/c17-14-6-3-5-12-13(10-20-16(12)14)15(18)8-7-11-4-1-2-9-19-11/h3,5-6,10-11,15,18H,1-2,4,7-9H2. The third-order valence-electron chi connectivity index (χ3n) is 3.98. The number of hydrogen-bond donors (Lipinski definition) is 1. The molecule has 0 aliphatic carbocycles. The Morgan fingerprint density at radius 1 is 1.40 bits per heavy atom. The van der Waals surface area contributed by atoms with E-state index >= 15 is 0 Å². The molecule has 1 aromatic heterocycles. The third-order valence-corrected chi connectivity index (χ3v) is 5.95. The van der Waals surface area contributed by atoms with Gasteiger partial charge in [-0.3, -0.25) is 0 Å². The van der Waals surface area contributed by atoms with Gasteiger partial charge in [0.1, 0.15) is 0 Å². The number of aliphatic hydroxyl groups is 1. The van der Waals surface area contributed by atoms with Gasteiger partial charge in [-0.15, -0.1) is 11.3 Å². The van der Waals surface area contributed by atoms with Crippen molar-refractivity contribution in [3.63, 3.8) is 0 Å². The van der Waals surface area contributed by atoms with Crippen molar-refractivity contribution in [3.05, 3.63) is 33.6 Å². The molecule has 2 unspecified atom stereocenters. The molecule has 1 aliphatic heterocycles. The van der Waals surface area contributed by atoms with Crippen molar-refractivity contribution in [2.24, 2.45) is 0 Å². The van der Waals surface area contributed by atoms with Crippen molar-refractivity contribution >= 4 is 37.4 Å². The van der Waals surface area contributed by atoms with Crippen molar-refractivity contribution in [1.82, 2.24) is 0 Å². The molecule has 1 fully saturated rings. The van der Waals surface area contributed by atoms with Crippen LogP contribution >= 0.6 is 27.3 Å². The summed E-state index contributed by atoms with van der Waals surface area (Å²) in [6.45, 7) is 0.884. The van der Waals surface area contributed by atoms with Gasteiger partial charge in [0.2, 0.25) is 0 Å². The number of rotatable bonds is 4. The fourth-order valence-corrected chi connectivity index (χ4v) is 4.50. The maximum Gasteiger partial charge on any atom is 0.0805 e. The van der Waals surface area contributed by atoms with Crippen molar-refractivity contribution in [3.8, 4) is 0 Å². The molecule has 20 heavy (non-hydrogen) atoms. The molecule has 108 valence electrons. The summed E-state index contributed by atoms with van der Waals surface area (Å²) < 4.78 is 8.06. The van der Waals surface area contributed by atoms with Crippen LogP contribution in [0.1, 0.15) is 43.8 Å². The zero-order valence-electron chi connectivity index (χ0n) is 11.3. The molecule has 0 saturated carbocycles. The highest BCUT2D eigenvalue weighted by molar-refractivity contribution is 9.10. The molecule has 2 nitrogen and oxygen atoms in total. The highest BCUT2D eigenvalue weighted by atomic mass is 79.9. The highest BCUT2D eigenvalue weighted by Crippen LogP contribution is 2.36. The van der Waals surface area contributed by atoms with Gasteiger partial charge in [0.25, 0.3) is 0 Å². The molecule has 1 aromatic carbocycles. The molecule has 1 saturated heterocycles. The van der Waals surface area contributed by atoms with Gasteiger partial charge in [-0.2, -0.15) is 0 Å². The van der Waals surface area contributed by atoms with E-state index in [0.717, 1.165) is 35.9 Å². The number of ether oxygens (including phenoxy) is 1. The van der Waals surface area contributed by atoms with Crippen molar-refractivity contribution < 1.29 is 9.84 Å². The van der Waals surface area contributed by atoms with Crippen LogP contribution in [0.3, 0.4) is 0 Å². The van der Waals surface area contributed by atoms with Gasteiger partial charge in [-0.25, -0.2) is 0 Å². The predicted molar refractivity (Wildman–Crippen MR) is 87.3 cm³/mol. The first-order chi connectivity index (χ1) is 9.75. The van der Waals surface area contributed by atoms with Crippen LogP contribution in [0.2, 0.25) is 0 Å². The largest absolute Gasteiger partial charge is 0.388 e. The molecule has 2 heterocycles. The minimum atomic E-state index is -0.386. The first kappa shape index (κ1) is 14.5. The van der Waals surface area contributed by atoms with Crippen LogP contribution in [-0.4, -0.2) is 17.8 Å². The van der Waals surface area contributed by atoms with Crippen LogP contribution in [0.15, 0.2) is 28.1 Å². The van der Waals surface area contributed by atoms with E-state index in [2.05, 4.69) is 27.4 Å². The van der Waals surface area contributed by atoms with Crippen molar-refractivity contribution in [1.29, 1.82) is 0 Å². The Morgan fingerprint density at radius 2 is 2.30 bits per heavy atom. The maximum absolute atomic E-state index is 10.5. The zero-order valence-corrected chi connectivity index (χ0v) is 13.8. The van der Waals surface area contributed by atoms with Gasteiger partial charge in [-0.05, 0) is 70.4 Å². The second-order valence-corrected chi connectivity index (χ2v) is 7.12. The molecular weight excluding hydrogens is 336 g/mol. The minimum absolute atomic E-state index is 0.343. The smallest absolute Gasteiger partial charge is 0.0805 e. The number of thiophene rings is 1. The molecule has 0 bridgehead atoms. The van der Waals surface area contributed by atoms with E-state index in [0.29, 0.717) is 6.10 Å². The summed E-state index contributed by atoms with van der Waals surface area (Å²) in [4.78, 5) is 0. The average Bonchev–Trinajstić information content (AvgIpc) is 2.91. The first-order valence-electron chi connectivity index (χ1n) is 7.21. The lowest BCUT2D eigenvalue weighted by Gasteiger charge is -2.23. The summed E-state index contributed by atoms with van der Waals surface area (Å²) in [6.07, 6.45) is 5.27. The molecule has 1 N–H and O–H groups in total. The summed E-state index contributed by atoms with van der Waals surface area (Å²) in [5, 5.41) is 13.7. The van der Waals surface area contributed by atoms with Crippen LogP contribution in [0, 0.1) is 0 Å². The van der Waals surface area contributed by atoms with E-state index in [9.17, 15) is 5.11 Å². The van der Waals surface area contributed by atoms with E-state index in [1.165, 1.54) is 22.9 Å². The number of halogens is 1. The van der Waals surface area contributed by atoms with Crippen molar-refractivity contribution in [2.75, 3.05) is 6.61 Å². The van der Waals surface area contributed by atoms with Gasteiger partial charge >= 0.3 is 0 Å². The first-order valence-corrected chi connectivity index (χ1v) is 8.88. The molecular formula is C16H19BrO2S. The lowest BCUT2D eigenvalue weighted by atomic mass is 9.99. The lowest BCUT2D eigenvalue weighted by molar-refractivity contribution is 0.00224. The third kappa shape index (κ3) is 3.08. The molecule has 0 radical (unpaired) electrons. The zero-order chi connectivity index (χ0) is 13.9. The molecule has 1 aliphatic rings. The van der Waals surface area contributed by atoms with E-state index in [4.69, 9.17) is 4.74 Å². The lowest BCUT2D eigenvalue weighted by Crippen LogP contribution is -2.19. The Kier molecular flexibility index (Phi) is 4.76. The van der Waals surface area contributed by atoms with Gasteiger partial charge in [0.15, 0.2) is 0 Å². The van der Waals surface area contributed by atoms with Crippen LogP contribution < -0.4 is 0 Å². The predicted octanol–water partition coefficient (Wildman–Crippen LogP) is 5.05. The summed E-state index contributed by atoms with van der Waals surface area (Å²) in [5.74, 6) is 0. The van der Waals surface area contributed by atoms with Gasteiger partial charge < -0.3 is 9.84 Å². The van der Waals surface area contributed by atoms with Gasteiger partial charge in [-0.1, -0.05) is 12.1 Å². The van der Waals surface area contributed by atoms with Gasteiger partial charge in [0.05, 0.1) is 12.2 Å². The number of benzene rings is 1. The Labute approximate surface area is 131 Å². The summed E-state index contributed by atoms with van der Waals surface area (Å²) in [6, 6.07) is 6.16. The summed E-state index contributed by atoms with van der Waals surface area (Å²) in [7, 11) is 0. The second-order valence-electron chi connectivity index (χ2n) is 5.39. The second kappa shape index (κ2) is 6.56. The Hall–Kier alpha value is -0.420. The summed E-state index contributed by atoms with van der Waals surface area (Å²) in [5.41, 5.74) is 1.06. The Morgan fingerprint density at radius 3 is 3.10 bits per heavy atom. The van der Waals surface area contributed by atoms with Crippen LogP contribution in [0.4, 0.5) is 0 Å². The quantitative estimate of drug-likeness (QED) is 0.832. The van der Waals surface area contributed by atoms with E-state index in [1.807, 2.05) is 12.1 Å². The molecule has 4 heteroatoms. The monoisotopic (exact) mass is 354 g/mol. The number of fused-ring (bicyclic) bond motifs is 1. The Balaban J connectivity index is 1.69. The Bertz CT molecular complexity index is 575. The van der Waals surface area contributed by atoms with Crippen molar-refractivity contribution in [2.45, 2.75) is 44.3 Å². The van der Waals surface area contributed by atoms with E-state index < -0.39 is 0 Å². The van der Waals surface area contributed by atoms with Crippen LogP contribution in [0.5, 0.6) is 0 Å². The SMILES string of the molecule is OC(CCC1CCCCO1)c1csc2c(Br)cccc12. The van der Waals surface area contributed by atoms with E-state index in [-0.39, 0.29) is 6.10 Å². The maximum atomic E-state index is 10.5. The normalized spacial score (nSPS) is 21.2. The van der Waals surface area contributed by atoms with Crippen LogP contribution in [0.25, 0.3) is 10.1 Å². The summed E-state index contributed by atoms with van der Waals surface area (Å²) >= 11 is 5.26. The molecule has 0 spiro atoms. The molecule has 3 rings (SSSR count). The molecule has 0 amide bonds. The topological polar surface area (TPSA) is 29.5 Å². The van der Waals surface area contributed by atoms with E-state index in [1.54, 1.807) is 11.3 Å². The average molecular weight is 355 g/mol. The fourth-order valence-electron chi connectivity index (χ4n) is 2.83. The molecule has 2 atom stereocenters. The van der Waals surface area contributed by atoms with Gasteiger partial charge in [0, 0.05) is 15.8 Å². The van der Waals surface area contributed by atoms with Crippen LogP contribution in [-0.2, 0) is 4.74 Å². The fraction of sp³-hybridized carbons (Fsp3) is 0.500. The number of hydrogen-bond acceptors (Lipinski definition) is 3. The molecule has 2 aromatic rings. The highest BCUT2D eigenvalue weighted by Gasteiger charge is 2.18. The number of aliphatic hydroxyl groups excluding tert-OH is 1. The minimum Gasteiger partial charge on any atom is -0.388 e.